The predicted octanol–water partition coefficient (Wildman–Crippen LogP) is 3.35. The number of para-hydroxylation sites is 1. The van der Waals surface area contributed by atoms with E-state index in [9.17, 15) is 4.79 Å². The molecule has 0 fully saturated rings. The van der Waals surface area contributed by atoms with E-state index < -0.39 is 9.96 Å². The third-order valence-electron chi connectivity index (χ3n) is 2.83. The molecule has 0 saturated heterocycles. The average molecular weight is 392 g/mol. The van der Waals surface area contributed by atoms with Crippen molar-refractivity contribution >= 4 is 74.6 Å². The molecule has 0 radical (unpaired) electrons. The van der Waals surface area contributed by atoms with Gasteiger partial charge in [-0.05, 0) is 24.4 Å². The number of nitrogens with zero attached hydrogens (tertiary/aromatic N) is 1. The molecule has 0 aliphatic rings. The van der Waals surface area contributed by atoms with E-state index in [4.69, 9.17) is 47.0 Å². The zero-order chi connectivity index (χ0) is 17.0. The normalized spacial score (nSPS) is 12.5. The number of anilines is 1. The number of thiocarbonyl (C=S) groups is 1. The minimum Gasteiger partial charge on any atom is -0.339 e. The molecule has 3 N–H and O–H groups in total. The molecule has 0 aliphatic heterocycles. The molecule has 0 unspecified atom stereocenters. The van der Waals surface area contributed by atoms with Crippen molar-refractivity contribution in [1.29, 1.82) is 0 Å². The number of benzene rings is 1. The number of aromatic nitrogens is 1. The van der Waals surface area contributed by atoms with Crippen LogP contribution in [0.15, 0.2) is 36.5 Å². The number of hydrogen-bond acceptors (Lipinski definition) is 3. The molecule has 0 aliphatic carbocycles. The minimum absolute atomic E-state index is 0.188. The number of alkyl halides is 3. The monoisotopic (exact) mass is 390 g/mol. The Balaban J connectivity index is 2.15. The molecule has 1 amide bonds. The van der Waals surface area contributed by atoms with Crippen LogP contribution in [0.2, 0.25) is 0 Å². The van der Waals surface area contributed by atoms with Crippen molar-refractivity contribution in [1.82, 2.24) is 15.6 Å². The Hall–Kier alpha value is -1.34. The van der Waals surface area contributed by atoms with Gasteiger partial charge in [0.2, 0.25) is 9.70 Å². The van der Waals surface area contributed by atoms with Crippen molar-refractivity contribution in [2.75, 3.05) is 5.32 Å². The molecular formula is C14H13Cl3N4OS. The largest absolute Gasteiger partial charge is 0.339 e. The smallest absolute Gasteiger partial charge is 0.228 e. The van der Waals surface area contributed by atoms with Crippen LogP contribution in [0.25, 0.3) is 10.9 Å². The predicted molar refractivity (Wildman–Crippen MR) is 99.0 cm³/mol. The summed E-state index contributed by atoms with van der Waals surface area (Å²) in [5.41, 5.74) is 1.45. The van der Waals surface area contributed by atoms with Crippen LogP contribution in [-0.4, -0.2) is 26.0 Å². The van der Waals surface area contributed by atoms with Gasteiger partial charge in [0.15, 0.2) is 5.11 Å². The number of halogens is 3. The number of nitrogens with one attached hydrogen (secondary N) is 3. The highest BCUT2D eigenvalue weighted by Gasteiger charge is 2.34. The third kappa shape index (κ3) is 5.07. The van der Waals surface area contributed by atoms with Gasteiger partial charge in [-0.2, -0.15) is 0 Å². The van der Waals surface area contributed by atoms with Crippen LogP contribution in [-0.2, 0) is 4.79 Å². The van der Waals surface area contributed by atoms with Gasteiger partial charge >= 0.3 is 0 Å². The lowest BCUT2D eigenvalue weighted by Crippen LogP contribution is -2.55. The maximum atomic E-state index is 11.2. The molecule has 2 rings (SSSR count). The summed E-state index contributed by atoms with van der Waals surface area (Å²) in [4.78, 5) is 15.5. The van der Waals surface area contributed by atoms with Crippen molar-refractivity contribution in [3.63, 3.8) is 0 Å². The first-order valence-corrected chi connectivity index (χ1v) is 8.06. The van der Waals surface area contributed by atoms with Gasteiger partial charge in [-0.1, -0.05) is 53.0 Å². The van der Waals surface area contributed by atoms with Crippen LogP contribution >= 0.6 is 47.0 Å². The number of rotatable bonds is 3. The van der Waals surface area contributed by atoms with Crippen molar-refractivity contribution in [3.8, 4) is 0 Å². The Kier molecular flexibility index (Phi) is 5.86. The van der Waals surface area contributed by atoms with E-state index in [-0.39, 0.29) is 11.0 Å². The third-order valence-corrected chi connectivity index (χ3v) is 3.71. The fourth-order valence-corrected chi connectivity index (χ4v) is 2.45. The quantitative estimate of drug-likeness (QED) is 0.425. The Bertz CT molecular complexity index is 730. The van der Waals surface area contributed by atoms with Crippen LogP contribution in [0, 0.1) is 0 Å². The van der Waals surface area contributed by atoms with Gasteiger partial charge in [0.25, 0.3) is 0 Å². The standard InChI is InChI=1S/C14H13Cl3N4OS/c1-8(22)19-12(14(15,16)17)21-13(23)20-10-6-2-4-9-5-3-7-18-11(9)10/h2-7,12H,1H3,(H,19,22)(H2,20,21,23)/t12-/m1/s1. The molecular weight excluding hydrogens is 379 g/mol. The average Bonchev–Trinajstić information content (AvgIpc) is 2.45. The van der Waals surface area contributed by atoms with E-state index in [1.807, 2.05) is 30.3 Å². The van der Waals surface area contributed by atoms with Crippen LogP contribution in [0.5, 0.6) is 0 Å². The summed E-state index contributed by atoms with van der Waals surface area (Å²) in [5.74, 6) is -0.358. The maximum Gasteiger partial charge on any atom is 0.228 e. The number of hydrogen-bond donors (Lipinski definition) is 3. The summed E-state index contributed by atoms with van der Waals surface area (Å²) in [6, 6.07) is 9.41. The number of pyridine rings is 1. The Morgan fingerprint density at radius 3 is 2.57 bits per heavy atom. The SMILES string of the molecule is CC(=O)N[C@H](NC(=S)Nc1cccc2cccnc12)C(Cl)(Cl)Cl. The van der Waals surface area contributed by atoms with Crippen LogP contribution < -0.4 is 16.0 Å². The second-order valence-corrected chi connectivity index (χ2v) is 7.43. The summed E-state index contributed by atoms with van der Waals surface area (Å²) in [5, 5.41) is 9.39. The van der Waals surface area contributed by atoms with Gasteiger partial charge in [-0.15, -0.1) is 0 Å². The molecule has 5 nitrogen and oxygen atoms in total. The van der Waals surface area contributed by atoms with E-state index in [1.165, 1.54) is 6.92 Å². The first kappa shape index (κ1) is 18.0. The molecule has 0 spiro atoms. The van der Waals surface area contributed by atoms with Gasteiger partial charge in [0, 0.05) is 18.5 Å². The lowest BCUT2D eigenvalue weighted by Gasteiger charge is -2.27. The summed E-state index contributed by atoms with van der Waals surface area (Å²) >= 11 is 22.7. The fraction of sp³-hybridized carbons (Fsp3) is 0.214. The van der Waals surface area contributed by atoms with Crippen molar-refractivity contribution in [3.05, 3.63) is 36.5 Å². The minimum atomic E-state index is -1.77. The summed E-state index contributed by atoms with van der Waals surface area (Å²) < 4.78 is -1.77. The highest BCUT2D eigenvalue weighted by molar-refractivity contribution is 7.80. The fourth-order valence-electron chi connectivity index (χ4n) is 1.90. The molecule has 9 heteroatoms. The molecule has 23 heavy (non-hydrogen) atoms. The molecule has 1 aromatic heterocycles. The Morgan fingerprint density at radius 1 is 1.22 bits per heavy atom. The van der Waals surface area contributed by atoms with E-state index in [0.29, 0.717) is 5.69 Å². The number of fused-ring (bicyclic) bond motifs is 1. The van der Waals surface area contributed by atoms with E-state index >= 15 is 0 Å². The van der Waals surface area contributed by atoms with Gasteiger partial charge < -0.3 is 16.0 Å². The van der Waals surface area contributed by atoms with Gasteiger partial charge in [0.05, 0.1) is 11.2 Å². The highest BCUT2D eigenvalue weighted by atomic mass is 35.6. The molecule has 0 bridgehead atoms. The zero-order valence-corrected chi connectivity index (χ0v) is 15.0. The van der Waals surface area contributed by atoms with Gasteiger partial charge in [0.1, 0.15) is 6.17 Å². The molecule has 2 aromatic rings. The summed E-state index contributed by atoms with van der Waals surface area (Å²) in [6.07, 6.45) is 0.707. The van der Waals surface area contributed by atoms with Crippen molar-refractivity contribution in [2.45, 2.75) is 16.9 Å². The molecule has 0 saturated carbocycles. The van der Waals surface area contributed by atoms with Crippen molar-refractivity contribution in [2.24, 2.45) is 0 Å². The van der Waals surface area contributed by atoms with E-state index in [0.717, 1.165) is 10.9 Å². The Morgan fingerprint density at radius 2 is 1.91 bits per heavy atom. The number of carbonyl (C=O) groups is 1. The van der Waals surface area contributed by atoms with Crippen LogP contribution in [0.1, 0.15) is 6.92 Å². The van der Waals surface area contributed by atoms with Gasteiger partial charge in [-0.3, -0.25) is 9.78 Å². The first-order valence-electron chi connectivity index (χ1n) is 6.52. The Labute approximate surface area is 153 Å². The highest BCUT2D eigenvalue weighted by Crippen LogP contribution is 2.29. The lowest BCUT2D eigenvalue weighted by molar-refractivity contribution is -0.119. The van der Waals surface area contributed by atoms with Crippen LogP contribution in [0.4, 0.5) is 5.69 Å². The van der Waals surface area contributed by atoms with E-state index in [1.54, 1.807) is 6.20 Å². The molecule has 122 valence electrons. The molecule has 1 aromatic carbocycles. The number of carbonyl (C=O) groups excluding carboxylic acids is 1. The summed E-state index contributed by atoms with van der Waals surface area (Å²) in [7, 11) is 0. The van der Waals surface area contributed by atoms with Crippen LogP contribution in [0.3, 0.4) is 0 Å². The number of amides is 1. The second-order valence-electron chi connectivity index (χ2n) is 4.65. The first-order chi connectivity index (χ1) is 10.8. The lowest BCUT2D eigenvalue weighted by atomic mass is 10.2. The van der Waals surface area contributed by atoms with E-state index in [2.05, 4.69) is 20.9 Å². The summed E-state index contributed by atoms with van der Waals surface area (Å²) in [6.45, 7) is 1.32. The zero-order valence-electron chi connectivity index (χ0n) is 11.9. The van der Waals surface area contributed by atoms with Crippen molar-refractivity contribution < 1.29 is 4.79 Å². The molecule has 1 atom stereocenters. The maximum absolute atomic E-state index is 11.2. The second kappa shape index (κ2) is 7.49. The van der Waals surface area contributed by atoms with Gasteiger partial charge in [-0.25, -0.2) is 0 Å². The molecule has 1 heterocycles. The topological polar surface area (TPSA) is 66.1 Å².